The van der Waals surface area contributed by atoms with Crippen molar-refractivity contribution in [2.24, 2.45) is 0 Å². The molecule has 6 nitrogen and oxygen atoms in total. The Labute approximate surface area is 105 Å². The molecule has 18 heavy (non-hydrogen) atoms. The Morgan fingerprint density at radius 3 is 2.72 bits per heavy atom. The summed E-state index contributed by atoms with van der Waals surface area (Å²) in [5.41, 5.74) is -0.0173. The maximum atomic E-state index is 10.5. The number of hydrogen-bond donors (Lipinski definition) is 1. The summed E-state index contributed by atoms with van der Waals surface area (Å²) in [5, 5.41) is 20.5. The SMILES string of the molecule is CN(c1ccc([N+](=O)[O-])cn1)C1CCCCC1O. The number of rotatable bonds is 3. The van der Waals surface area contributed by atoms with Gasteiger partial charge in [0.15, 0.2) is 0 Å². The van der Waals surface area contributed by atoms with Gasteiger partial charge in [0.25, 0.3) is 5.69 Å². The molecule has 2 unspecified atom stereocenters. The largest absolute Gasteiger partial charge is 0.391 e. The first-order valence-corrected chi connectivity index (χ1v) is 6.11. The summed E-state index contributed by atoms with van der Waals surface area (Å²) in [6.45, 7) is 0. The molecule has 98 valence electrons. The van der Waals surface area contributed by atoms with Gasteiger partial charge in [0.2, 0.25) is 0 Å². The molecule has 0 spiro atoms. The van der Waals surface area contributed by atoms with Crippen LogP contribution < -0.4 is 4.90 Å². The summed E-state index contributed by atoms with van der Waals surface area (Å²) < 4.78 is 0. The van der Waals surface area contributed by atoms with Crippen molar-refractivity contribution < 1.29 is 10.0 Å². The second-order valence-corrected chi connectivity index (χ2v) is 4.66. The van der Waals surface area contributed by atoms with E-state index in [2.05, 4.69) is 4.98 Å². The van der Waals surface area contributed by atoms with Gasteiger partial charge in [0.05, 0.1) is 17.1 Å². The van der Waals surface area contributed by atoms with E-state index in [1.165, 1.54) is 12.3 Å². The van der Waals surface area contributed by atoms with Crippen LogP contribution in [0.25, 0.3) is 0 Å². The van der Waals surface area contributed by atoms with Gasteiger partial charge in [-0.2, -0.15) is 0 Å². The summed E-state index contributed by atoms with van der Waals surface area (Å²) in [7, 11) is 1.87. The molecule has 2 rings (SSSR count). The third-order valence-electron chi connectivity index (χ3n) is 3.50. The lowest BCUT2D eigenvalue weighted by molar-refractivity contribution is -0.385. The maximum absolute atomic E-state index is 10.5. The van der Waals surface area contributed by atoms with Crippen molar-refractivity contribution in [1.29, 1.82) is 0 Å². The van der Waals surface area contributed by atoms with Gasteiger partial charge in [-0.1, -0.05) is 12.8 Å². The zero-order valence-electron chi connectivity index (χ0n) is 10.3. The number of likely N-dealkylation sites (N-methyl/N-ethyl adjacent to an activating group) is 1. The Hall–Kier alpha value is -1.69. The summed E-state index contributed by atoms with van der Waals surface area (Å²) in [6.07, 6.45) is 4.79. The summed E-state index contributed by atoms with van der Waals surface area (Å²) in [4.78, 5) is 16.1. The summed E-state index contributed by atoms with van der Waals surface area (Å²) in [6, 6.07) is 3.11. The average molecular weight is 251 g/mol. The monoisotopic (exact) mass is 251 g/mol. The van der Waals surface area contributed by atoms with E-state index in [-0.39, 0.29) is 17.8 Å². The van der Waals surface area contributed by atoms with Crippen molar-refractivity contribution in [2.75, 3.05) is 11.9 Å². The molecule has 1 heterocycles. The lowest BCUT2D eigenvalue weighted by atomic mass is 9.91. The second-order valence-electron chi connectivity index (χ2n) is 4.66. The number of nitro groups is 1. The lowest BCUT2D eigenvalue weighted by Crippen LogP contribution is -2.43. The highest BCUT2D eigenvalue weighted by Crippen LogP contribution is 2.26. The molecular weight excluding hydrogens is 234 g/mol. The molecule has 0 bridgehead atoms. The standard InChI is InChI=1S/C12H17N3O3/c1-14(10-4-2-3-5-11(10)16)12-7-6-9(8-13-12)15(17)18/h6-8,10-11,16H,2-5H2,1H3. The summed E-state index contributed by atoms with van der Waals surface area (Å²) >= 11 is 0. The predicted molar refractivity (Wildman–Crippen MR) is 67.6 cm³/mol. The second kappa shape index (κ2) is 5.30. The molecule has 1 aliphatic carbocycles. The van der Waals surface area contributed by atoms with Gasteiger partial charge in [-0.25, -0.2) is 4.98 Å². The van der Waals surface area contributed by atoms with Crippen LogP contribution in [0.1, 0.15) is 25.7 Å². The fourth-order valence-corrected chi connectivity index (χ4v) is 2.41. The van der Waals surface area contributed by atoms with E-state index in [1.807, 2.05) is 11.9 Å². The third-order valence-corrected chi connectivity index (χ3v) is 3.50. The van der Waals surface area contributed by atoms with Crippen molar-refractivity contribution in [3.63, 3.8) is 0 Å². The maximum Gasteiger partial charge on any atom is 0.287 e. The average Bonchev–Trinajstić information content (AvgIpc) is 2.38. The van der Waals surface area contributed by atoms with E-state index in [9.17, 15) is 15.2 Å². The van der Waals surface area contributed by atoms with Gasteiger partial charge in [-0.3, -0.25) is 10.1 Å². The highest BCUT2D eigenvalue weighted by Gasteiger charge is 2.27. The minimum absolute atomic E-state index is 0.0173. The smallest absolute Gasteiger partial charge is 0.287 e. The zero-order chi connectivity index (χ0) is 13.1. The number of aliphatic hydroxyl groups excluding tert-OH is 1. The Morgan fingerprint density at radius 2 is 2.17 bits per heavy atom. The van der Waals surface area contributed by atoms with Crippen molar-refractivity contribution in [3.05, 3.63) is 28.4 Å². The molecule has 2 atom stereocenters. The number of pyridine rings is 1. The number of nitrogens with zero attached hydrogens (tertiary/aromatic N) is 3. The molecule has 1 saturated carbocycles. The zero-order valence-corrected chi connectivity index (χ0v) is 10.3. The van der Waals surface area contributed by atoms with Crippen LogP contribution in [0.3, 0.4) is 0 Å². The summed E-state index contributed by atoms with van der Waals surface area (Å²) in [5.74, 6) is 0.659. The highest BCUT2D eigenvalue weighted by molar-refractivity contribution is 5.43. The van der Waals surface area contributed by atoms with Gasteiger partial charge in [0, 0.05) is 13.1 Å². The number of hydrogen-bond acceptors (Lipinski definition) is 5. The first-order chi connectivity index (χ1) is 8.59. The van der Waals surface area contributed by atoms with Crippen LogP contribution in [-0.4, -0.2) is 34.2 Å². The molecule has 1 aromatic rings. The van der Waals surface area contributed by atoms with Crippen molar-refractivity contribution in [3.8, 4) is 0 Å². The third kappa shape index (κ3) is 2.59. The van der Waals surface area contributed by atoms with Crippen LogP contribution in [0.5, 0.6) is 0 Å². The first-order valence-electron chi connectivity index (χ1n) is 6.11. The minimum atomic E-state index is -0.466. The molecule has 0 saturated heterocycles. The molecule has 1 aromatic heterocycles. The van der Waals surface area contributed by atoms with Crippen molar-refractivity contribution in [2.45, 2.75) is 37.8 Å². The van der Waals surface area contributed by atoms with E-state index >= 15 is 0 Å². The number of aliphatic hydroxyl groups is 1. The fourth-order valence-electron chi connectivity index (χ4n) is 2.41. The van der Waals surface area contributed by atoms with E-state index in [0.29, 0.717) is 5.82 Å². The van der Waals surface area contributed by atoms with E-state index in [1.54, 1.807) is 6.07 Å². The van der Waals surface area contributed by atoms with E-state index in [4.69, 9.17) is 0 Å². The quantitative estimate of drug-likeness (QED) is 0.653. The van der Waals surface area contributed by atoms with Gasteiger partial charge < -0.3 is 10.0 Å². The molecule has 0 radical (unpaired) electrons. The normalized spacial score (nSPS) is 23.7. The van der Waals surface area contributed by atoms with E-state index in [0.717, 1.165) is 25.7 Å². The Bertz CT molecular complexity index is 421. The molecule has 0 aliphatic heterocycles. The van der Waals surface area contributed by atoms with Crippen LogP contribution >= 0.6 is 0 Å². The first kappa shape index (κ1) is 12.8. The van der Waals surface area contributed by atoms with E-state index < -0.39 is 4.92 Å². The Balaban J connectivity index is 2.12. The fraction of sp³-hybridized carbons (Fsp3) is 0.583. The van der Waals surface area contributed by atoms with Gasteiger partial charge >= 0.3 is 0 Å². The topological polar surface area (TPSA) is 79.5 Å². The minimum Gasteiger partial charge on any atom is -0.391 e. The van der Waals surface area contributed by atoms with Crippen molar-refractivity contribution >= 4 is 11.5 Å². The van der Waals surface area contributed by atoms with Gasteiger partial charge in [-0.15, -0.1) is 0 Å². The van der Waals surface area contributed by atoms with Crippen LogP contribution in [-0.2, 0) is 0 Å². The molecule has 1 aliphatic rings. The number of aromatic nitrogens is 1. The Kier molecular flexibility index (Phi) is 3.76. The van der Waals surface area contributed by atoms with Crippen molar-refractivity contribution in [1.82, 2.24) is 4.98 Å². The predicted octanol–water partition coefficient (Wildman–Crippen LogP) is 1.73. The lowest BCUT2D eigenvalue weighted by Gasteiger charge is -2.35. The molecule has 0 aromatic carbocycles. The Morgan fingerprint density at radius 1 is 1.44 bits per heavy atom. The van der Waals surface area contributed by atoms with Crippen LogP contribution in [0.2, 0.25) is 0 Å². The number of anilines is 1. The highest BCUT2D eigenvalue weighted by atomic mass is 16.6. The molecule has 0 amide bonds. The molecule has 6 heteroatoms. The van der Waals surface area contributed by atoms with Gasteiger partial charge in [-0.05, 0) is 18.9 Å². The molecular formula is C12H17N3O3. The molecule has 1 fully saturated rings. The van der Waals surface area contributed by atoms with Crippen LogP contribution in [0.4, 0.5) is 11.5 Å². The van der Waals surface area contributed by atoms with Gasteiger partial charge in [0.1, 0.15) is 12.0 Å². The van der Waals surface area contributed by atoms with Crippen LogP contribution in [0, 0.1) is 10.1 Å². The van der Waals surface area contributed by atoms with Crippen LogP contribution in [0.15, 0.2) is 18.3 Å². The molecule has 1 N–H and O–H groups in total.